The van der Waals surface area contributed by atoms with Gasteiger partial charge in [0.2, 0.25) is 0 Å². The minimum Gasteiger partial charge on any atom is -0.383 e. The highest BCUT2D eigenvalue weighted by atomic mass is 79.9. The first-order chi connectivity index (χ1) is 9.12. The molecule has 5 nitrogen and oxygen atoms in total. The number of ether oxygens (including phenoxy) is 1. The lowest BCUT2D eigenvalue weighted by Gasteiger charge is -2.20. The molecule has 0 aromatic heterocycles. The van der Waals surface area contributed by atoms with Crippen molar-refractivity contribution in [2.75, 3.05) is 26.8 Å². The van der Waals surface area contributed by atoms with Gasteiger partial charge in [-0.1, -0.05) is 28.9 Å². The van der Waals surface area contributed by atoms with E-state index in [0.29, 0.717) is 12.2 Å². The monoisotopic (exact) mass is 329 g/mol. The molecular weight excluding hydrogens is 310 g/mol. The van der Waals surface area contributed by atoms with Crippen LogP contribution in [-0.2, 0) is 11.3 Å². The van der Waals surface area contributed by atoms with Gasteiger partial charge >= 0.3 is 0 Å². The van der Waals surface area contributed by atoms with E-state index in [1.165, 1.54) is 0 Å². The van der Waals surface area contributed by atoms with Crippen LogP contribution in [0.5, 0.6) is 0 Å². The number of hydrogen-bond acceptors (Lipinski definition) is 4. The van der Waals surface area contributed by atoms with Crippen molar-refractivity contribution in [2.24, 2.45) is 5.84 Å². The Morgan fingerprint density at radius 1 is 1.53 bits per heavy atom. The fourth-order valence-electron chi connectivity index (χ4n) is 1.71. The van der Waals surface area contributed by atoms with Gasteiger partial charge in [0.15, 0.2) is 0 Å². The molecule has 0 saturated heterocycles. The van der Waals surface area contributed by atoms with E-state index in [1.54, 1.807) is 19.2 Å². The summed E-state index contributed by atoms with van der Waals surface area (Å²) in [6, 6.07) is 5.48. The summed E-state index contributed by atoms with van der Waals surface area (Å²) in [6.07, 6.45) is 0. The van der Waals surface area contributed by atoms with Crippen molar-refractivity contribution in [3.63, 3.8) is 0 Å². The van der Waals surface area contributed by atoms with Gasteiger partial charge in [0, 0.05) is 30.2 Å². The Morgan fingerprint density at radius 2 is 2.26 bits per heavy atom. The maximum Gasteiger partial charge on any atom is 0.265 e. The number of nitrogens with one attached hydrogen (secondary N) is 1. The number of methoxy groups -OCH3 is 1. The molecule has 0 fully saturated rings. The Bertz CT molecular complexity index is 426. The number of carbonyl (C=O) groups is 1. The number of carbonyl (C=O) groups excluding carboxylic acids is 1. The molecule has 3 N–H and O–H groups in total. The molecule has 0 aliphatic carbocycles. The largest absolute Gasteiger partial charge is 0.383 e. The number of halogens is 1. The van der Waals surface area contributed by atoms with Crippen LogP contribution in [0.4, 0.5) is 0 Å². The fourth-order valence-corrected chi connectivity index (χ4v) is 2.21. The van der Waals surface area contributed by atoms with Gasteiger partial charge in [-0.3, -0.25) is 15.1 Å². The topological polar surface area (TPSA) is 67.6 Å². The second-order valence-corrected chi connectivity index (χ2v) is 5.00. The molecule has 0 bridgehead atoms. The van der Waals surface area contributed by atoms with Crippen molar-refractivity contribution >= 4 is 21.8 Å². The van der Waals surface area contributed by atoms with E-state index in [4.69, 9.17) is 10.6 Å². The van der Waals surface area contributed by atoms with Gasteiger partial charge in [0.1, 0.15) is 0 Å². The standard InChI is InChI=1S/C13H20BrN3O2/c1-3-17(6-7-19-2)9-11-5-4-10(8-12(11)14)13(18)16-15/h4-5,8H,3,6-7,9,15H2,1-2H3,(H,16,18). The van der Waals surface area contributed by atoms with E-state index >= 15 is 0 Å². The van der Waals surface area contributed by atoms with E-state index in [9.17, 15) is 4.79 Å². The van der Waals surface area contributed by atoms with Gasteiger partial charge in [-0.15, -0.1) is 0 Å². The quantitative estimate of drug-likeness (QED) is 0.452. The molecule has 1 aromatic carbocycles. The van der Waals surface area contributed by atoms with Crippen LogP contribution in [0.3, 0.4) is 0 Å². The SMILES string of the molecule is CCN(CCOC)Cc1ccc(C(=O)NN)cc1Br. The zero-order valence-electron chi connectivity index (χ0n) is 11.3. The molecular formula is C13H20BrN3O2. The van der Waals surface area contributed by atoms with Gasteiger partial charge in [-0.2, -0.15) is 0 Å². The molecule has 0 atom stereocenters. The smallest absolute Gasteiger partial charge is 0.265 e. The van der Waals surface area contributed by atoms with Crippen LogP contribution in [-0.4, -0.2) is 37.6 Å². The second kappa shape index (κ2) is 8.27. The summed E-state index contributed by atoms with van der Waals surface area (Å²) in [7, 11) is 1.70. The molecule has 1 amide bonds. The average molecular weight is 330 g/mol. The minimum absolute atomic E-state index is 0.293. The molecule has 0 saturated carbocycles. The second-order valence-electron chi connectivity index (χ2n) is 4.14. The summed E-state index contributed by atoms with van der Waals surface area (Å²) < 4.78 is 5.99. The summed E-state index contributed by atoms with van der Waals surface area (Å²) in [4.78, 5) is 13.7. The van der Waals surface area contributed by atoms with E-state index < -0.39 is 0 Å². The first-order valence-corrected chi connectivity index (χ1v) is 6.92. The summed E-state index contributed by atoms with van der Waals surface area (Å²) in [5.74, 6) is 4.82. The predicted molar refractivity (Wildman–Crippen MR) is 78.6 cm³/mol. The average Bonchev–Trinajstić information content (AvgIpc) is 2.44. The molecule has 19 heavy (non-hydrogen) atoms. The van der Waals surface area contributed by atoms with Crippen molar-refractivity contribution in [3.8, 4) is 0 Å². The normalized spacial score (nSPS) is 10.8. The number of benzene rings is 1. The van der Waals surface area contributed by atoms with Crippen molar-refractivity contribution in [1.29, 1.82) is 0 Å². The number of hydrazine groups is 1. The maximum absolute atomic E-state index is 11.4. The molecule has 0 radical (unpaired) electrons. The third kappa shape index (κ3) is 4.91. The Labute approximate surface area is 122 Å². The number of hydrogen-bond donors (Lipinski definition) is 2. The zero-order chi connectivity index (χ0) is 14.3. The molecule has 0 unspecified atom stereocenters. The Kier molecular flexibility index (Phi) is 7.01. The molecule has 0 aliphatic heterocycles. The molecule has 0 heterocycles. The number of nitrogens with two attached hydrogens (primary N) is 1. The summed E-state index contributed by atoms with van der Waals surface area (Å²) in [5.41, 5.74) is 3.79. The van der Waals surface area contributed by atoms with E-state index in [1.807, 2.05) is 6.07 Å². The number of nitrogens with zero attached hydrogens (tertiary/aromatic N) is 1. The van der Waals surface area contributed by atoms with Crippen LogP contribution < -0.4 is 11.3 Å². The summed E-state index contributed by atoms with van der Waals surface area (Å²) in [6.45, 7) is 5.45. The number of likely N-dealkylation sites (N-methyl/N-ethyl adjacent to an activating group) is 1. The zero-order valence-corrected chi connectivity index (χ0v) is 12.9. The first kappa shape index (κ1) is 16.1. The van der Waals surface area contributed by atoms with E-state index in [-0.39, 0.29) is 5.91 Å². The highest BCUT2D eigenvalue weighted by Crippen LogP contribution is 2.20. The van der Waals surface area contributed by atoms with E-state index in [2.05, 4.69) is 33.2 Å². The Morgan fingerprint density at radius 3 is 2.79 bits per heavy atom. The van der Waals surface area contributed by atoms with Crippen LogP contribution in [0, 0.1) is 0 Å². The lowest BCUT2D eigenvalue weighted by atomic mass is 10.1. The first-order valence-electron chi connectivity index (χ1n) is 6.13. The lowest BCUT2D eigenvalue weighted by molar-refractivity contribution is 0.0953. The van der Waals surface area contributed by atoms with Crippen LogP contribution in [0.25, 0.3) is 0 Å². The number of amides is 1. The van der Waals surface area contributed by atoms with Crippen LogP contribution in [0.1, 0.15) is 22.8 Å². The lowest BCUT2D eigenvalue weighted by Crippen LogP contribution is -2.30. The number of rotatable bonds is 7. The van der Waals surface area contributed by atoms with Gasteiger partial charge in [-0.05, 0) is 24.2 Å². The van der Waals surface area contributed by atoms with Gasteiger partial charge < -0.3 is 4.74 Å². The summed E-state index contributed by atoms with van der Waals surface area (Å²) in [5, 5.41) is 0. The van der Waals surface area contributed by atoms with Crippen molar-refractivity contribution in [2.45, 2.75) is 13.5 Å². The Balaban J connectivity index is 2.75. The third-order valence-corrected chi connectivity index (χ3v) is 3.64. The fraction of sp³-hybridized carbons (Fsp3) is 0.462. The van der Waals surface area contributed by atoms with Crippen molar-refractivity contribution < 1.29 is 9.53 Å². The molecule has 6 heteroatoms. The predicted octanol–water partition coefficient (Wildman–Crippen LogP) is 1.52. The van der Waals surface area contributed by atoms with Gasteiger partial charge in [0.25, 0.3) is 5.91 Å². The molecule has 1 aromatic rings. The molecule has 1 rings (SSSR count). The summed E-state index contributed by atoms with van der Waals surface area (Å²) >= 11 is 3.49. The van der Waals surface area contributed by atoms with Crippen LogP contribution in [0.15, 0.2) is 22.7 Å². The third-order valence-electron chi connectivity index (χ3n) is 2.90. The van der Waals surface area contributed by atoms with Crippen LogP contribution >= 0.6 is 15.9 Å². The number of nitrogen functional groups attached to an aromatic ring is 1. The van der Waals surface area contributed by atoms with Crippen LogP contribution in [0.2, 0.25) is 0 Å². The molecule has 0 spiro atoms. The van der Waals surface area contributed by atoms with Gasteiger partial charge in [-0.25, -0.2) is 5.84 Å². The molecule has 0 aliphatic rings. The highest BCUT2D eigenvalue weighted by molar-refractivity contribution is 9.10. The van der Waals surface area contributed by atoms with Gasteiger partial charge in [0.05, 0.1) is 6.61 Å². The van der Waals surface area contributed by atoms with Crippen molar-refractivity contribution in [3.05, 3.63) is 33.8 Å². The highest BCUT2D eigenvalue weighted by Gasteiger charge is 2.10. The maximum atomic E-state index is 11.4. The Hall–Kier alpha value is -0.950. The van der Waals surface area contributed by atoms with Crippen molar-refractivity contribution in [1.82, 2.24) is 10.3 Å². The van der Waals surface area contributed by atoms with E-state index in [0.717, 1.165) is 29.7 Å². The minimum atomic E-state index is -0.293. The molecule has 106 valence electrons.